The van der Waals surface area contributed by atoms with E-state index in [2.05, 4.69) is 19.2 Å². The SMILES string of the molecule is CC(C)c1ccccc1NC(=O)C1CCCN(S(=O)(=O)c2ccccc2)C1. The second kappa shape index (κ2) is 8.23. The van der Waals surface area contributed by atoms with E-state index in [1.165, 1.54) is 4.31 Å². The molecule has 1 unspecified atom stereocenters. The number of anilines is 1. The molecule has 0 radical (unpaired) electrons. The first-order chi connectivity index (χ1) is 12.9. The van der Waals surface area contributed by atoms with Gasteiger partial charge in [-0.25, -0.2) is 8.42 Å². The van der Waals surface area contributed by atoms with Crippen LogP contribution < -0.4 is 5.32 Å². The normalized spacial score (nSPS) is 18.4. The fourth-order valence-corrected chi connectivity index (χ4v) is 5.01. The van der Waals surface area contributed by atoms with Crippen molar-refractivity contribution >= 4 is 21.6 Å². The molecule has 1 aliphatic rings. The van der Waals surface area contributed by atoms with Crippen molar-refractivity contribution in [2.75, 3.05) is 18.4 Å². The summed E-state index contributed by atoms with van der Waals surface area (Å²) in [6, 6.07) is 16.2. The standard InChI is InChI=1S/C21H26N2O3S/c1-16(2)19-12-6-7-13-20(19)22-21(24)17-9-8-14-23(15-17)27(25,26)18-10-4-3-5-11-18/h3-7,10-13,16-17H,8-9,14-15H2,1-2H3,(H,22,24). The lowest BCUT2D eigenvalue weighted by atomic mass is 9.97. The van der Waals surface area contributed by atoms with Crippen molar-refractivity contribution in [1.82, 2.24) is 4.31 Å². The number of sulfonamides is 1. The molecular weight excluding hydrogens is 360 g/mol. The van der Waals surface area contributed by atoms with Crippen molar-refractivity contribution in [3.8, 4) is 0 Å². The van der Waals surface area contributed by atoms with Crippen LogP contribution >= 0.6 is 0 Å². The Morgan fingerprint density at radius 2 is 1.74 bits per heavy atom. The molecule has 1 aliphatic heterocycles. The molecule has 5 nitrogen and oxygen atoms in total. The van der Waals surface area contributed by atoms with Crippen LogP contribution in [-0.2, 0) is 14.8 Å². The van der Waals surface area contributed by atoms with E-state index < -0.39 is 10.0 Å². The highest BCUT2D eigenvalue weighted by molar-refractivity contribution is 7.89. The van der Waals surface area contributed by atoms with Gasteiger partial charge < -0.3 is 5.32 Å². The Kier molecular flexibility index (Phi) is 5.97. The van der Waals surface area contributed by atoms with Crippen LogP contribution in [0.3, 0.4) is 0 Å². The number of carbonyl (C=O) groups excluding carboxylic acids is 1. The fraction of sp³-hybridized carbons (Fsp3) is 0.381. The summed E-state index contributed by atoms with van der Waals surface area (Å²) in [5.41, 5.74) is 1.89. The Morgan fingerprint density at radius 1 is 1.07 bits per heavy atom. The third-order valence-electron chi connectivity index (χ3n) is 4.98. The third-order valence-corrected chi connectivity index (χ3v) is 6.86. The van der Waals surface area contributed by atoms with E-state index in [1.807, 2.05) is 24.3 Å². The third kappa shape index (κ3) is 4.39. The lowest BCUT2D eigenvalue weighted by Gasteiger charge is -2.31. The highest BCUT2D eigenvalue weighted by Gasteiger charge is 2.33. The van der Waals surface area contributed by atoms with Crippen molar-refractivity contribution in [2.45, 2.75) is 37.5 Å². The summed E-state index contributed by atoms with van der Waals surface area (Å²) in [7, 11) is -3.57. The van der Waals surface area contributed by atoms with Gasteiger partial charge in [-0.3, -0.25) is 4.79 Å². The molecule has 144 valence electrons. The smallest absolute Gasteiger partial charge is 0.243 e. The lowest BCUT2D eigenvalue weighted by Crippen LogP contribution is -2.43. The van der Waals surface area contributed by atoms with Gasteiger partial charge in [0, 0.05) is 18.8 Å². The summed E-state index contributed by atoms with van der Waals surface area (Å²) in [5, 5.41) is 3.01. The number of benzene rings is 2. The van der Waals surface area contributed by atoms with Crippen LogP contribution in [0.15, 0.2) is 59.5 Å². The molecule has 0 bridgehead atoms. The number of amides is 1. The quantitative estimate of drug-likeness (QED) is 0.849. The van der Waals surface area contributed by atoms with E-state index in [9.17, 15) is 13.2 Å². The molecule has 0 aromatic heterocycles. The number of para-hydroxylation sites is 1. The number of carbonyl (C=O) groups is 1. The van der Waals surface area contributed by atoms with Crippen LogP contribution in [0.1, 0.15) is 38.2 Å². The largest absolute Gasteiger partial charge is 0.326 e. The molecule has 3 rings (SSSR count). The lowest BCUT2D eigenvalue weighted by molar-refractivity contribution is -0.120. The summed E-state index contributed by atoms with van der Waals surface area (Å²) in [6.45, 7) is 4.83. The number of hydrogen-bond donors (Lipinski definition) is 1. The number of nitrogens with zero attached hydrogens (tertiary/aromatic N) is 1. The molecule has 1 saturated heterocycles. The molecule has 0 aliphatic carbocycles. The maximum absolute atomic E-state index is 12.9. The van der Waals surface area contributed by atoms with Gasteiger partial charge in [0.15, 0.2) is 0 Å². The molecule has 0 spiro atoms. The second-order valence-electron chi connectivity index (χ2n) is 7.25. The van der Waals surface area contributed by atoms with Gasteiger partial charge in [0.25, 0.3) is 0 Å². The Morgan fingerprint density at radius 3 is 2.44 bits per heavy atom. The topological polar surface area (TPSA) is 66.5 Å². The molecule has 2 aromatic rings. The first-order valence-electron chi connectivity index (χ1n) is 9.34. The van der Waals surface area contributed by atoms with Gasteiger partial charge in [-0.15, -0.1) is 0 Å². The van der Waals surface area contributed by atoms with Crippen LogP contribution in [0, 0.1) is 5.92 Å². The number of nitrogens with one attached hydrogen (secondary N) is 1. The minimum Gasteiger partial charge on any atom is -0.326 e. The van der Waals surface area contributed by atoms with Gasteiger partial charge in [0.05, 0.1) is 10.8 Å². The summed E-state index contributed by atoms with van der Waals surface area (Å²) in [5.74, 6) is -0.170. The van der Waals surface area contributed by atoms with Gasteiger partial charge in [-0.1, -0.05) is 50.2 Å². The van der Waals surface area contributed by atoms with E-state index in [0.29, 0.717) is 25.3 Å². The Balaban J connectivity index is 1.74. The van der Waals surface area contributed by atoms with Crippen LogP contribution in [0.25, 0.3) is 0 Å². The maximum atomic E-state index is 12.9. The van der Waals surface area contributed by atoms with Gasteiger partial charge in [-0.2, -0.15) is 4.31 Å². The molecule has 1 amide bonds. The Hall–Kier alpha value is -2.18. The van der Waals surface area contributed by atoms with Crippen LogP contribution in [-0.4, -0.2) is 31.7 Å². The summed E-state index contributed by atoms with van der Waals surface area (Å²) in [4.78, 5) is 13.1. The van der Waals surface area contributed by atoms with Gasteiger partial charge in [0.1, 0.15) is 0 Å². The summed E-state index contributed by atoms with van der Waals surface area (Å²) < 4.78 is 27.1. The second-order valence-corrected chi connectivity index (χ2v) is 9.18. The Labute approximate surface area is 161 Å². The van der Waals surface area contributed by atoms with Crippen LogP contribution in [0.5, 0.6) is 0 Å². The molecule has 0 saturated carbocycles. The molecular formula is C21H26N2O3S. The van der Waals surface area contributed by atoms with E-state index in [-0.39, 0.29) is 23.3 Å². The van der Waals surface area contributed by atoms with Gasteiger partial charge >= 0.3 is 0 Å². The molecule has 27 heavy (non-hydrogen) atoms. The fourth-order valence-electron chi connectivity index (χ4n) is 3.47. The predicted octanol–water partition coefficient (Wildman–Crippen LogP) is 3.85. The first kappa shape index (κ1) is 19.6. The number of piperidine rings is 1. The highest BCUT2D eigenvalue weighted by Crippen LogP contribution is 2.27. The highest BCUT2D eigenvalue weighted by atomic mass is 32.2. The zero-order chi connectivity index (χ0) is 19.4. The van der Waals surface area contributed by atoms with E-state index in [1.54, 1.807) is 30.3 Å². The molecule has 1 fully saturated rings. The monoisotopic (exact) mass is 386 g/mol. The van der Waals surface area contributed by atoms with Gasteiger partial charge in [-0.05, 0) is 42.5 Å². The summed E-state index contributed by atoms with van der Waals surface area (Å²) in [6.07, 6.45) is 1.37. The predicted molar refractivity (Wildman–Crippen MR) is 107 cm³/mol. The number of hydrogen-bond acceptors (Lipinski definition) is 3. The van der Waals surface area contributed by atoms with Crippen LogP contribution in [0.2, 0.25) is 0 Å². The van der Waals surface area contributed by atoms with Gasteiger partial charge in [0.2, 0.25) is 15.9 Å². The van der Waals surface area contributed by atoms with E-state index in [4.69, 9.17) is 0 Å². The average molecular weight is 387 g/mol. The maximum Gasteiger partial charge on any atom is 0.243 e. The molecule has 2 aromatic carbocycles. The Bertz CT molecular complexity index is 895. The zero-order valence-electron chi connectivity index (χ0n) is 15.8. The van der Waals surface area contributed by atoms with Crippen molar-refractivity contribution in [2.24, 2.45) is 5.92 Å². The minimum absolute atomic E-state index is 0.115. The molecule has 1 atom stereocenters. The number of rotatable bonds is 5. The average Bonchev–Trinajstić information content (AvgIpc) is 2.69. The van der Waals surface area contributed by atoms with Crippen molar-refractivity contribution in [3.63, 3.8) is 0 Å². The van der Waals surface area contributed by atoms with E-state index in [0.717, 1.165) is 11.3 Å². The molecule has 6 heteroatoms. The zero-order valence-corrected chi connectivity index (χ0v) is 16.6. The minimum atomic E-state index is -3.57. The first-order valence-corrected chi connectivity index (χ1v) is 10.8. The van der Waals surface area contributed by atoms with Crippen LogP contribution in [0.4, 0.5) is 5.69 Å². The summed E-state index contributed by atoms with van der Waals surface area (Å²) >= 11 is 0. The molecule has 1 N–H and O–H groups in total. The van der Waals surface area contributed by atoms with Crippen molar-refractivity contribution < 1.29 is 13.2 Å². The van der Waals surface area contributed by atoms with Crippen molar-refractivity contribution in [1.29, 1.82) is 0 Å². The van der Waals surface area contributed by atoms with Crippen molar-refractivity contribution in [3.05, 3.63) is 60.2 Å². The molecule has 1 heterocycles. The van der Waals surface area contributed by atoms with E-state index >= 15 is 0 Å².